The molecule has 1 atom stereocenters. The lowest BCUT2D eigenvalue weighted by Gasteiger charge is -2.20. The van der Waals surface area contributed by atoms with E-state index < -0.39 is 0 Å². The zero-order chi connectivity index (χ0) is 14.7. The summed E-state index contributed by atoms with van der Waals surface area (Å²) in [5.41, 5.74) is 0. The largest absolute Gasteiger partial charge is 0.465 e. The summed E-state index contributed by atoms with van der Waals surface area (Å²) < 4.78 is 10.4. The van der Waals surface area contributed by atoms with Crippen LogP contribution in [0.4, 0.5) is 0 Å². The number of hydrogen-bond donors (Lipinski definition) is 0. The van der Waals surface area contributed by atoms with Crippen molar-refractivity contribution < 1.29 is 14.1 Å². The van der Waals surface area contributed by atoms with E-state index in [1.54, 1.807) is 11.3 Å². The molecule has 0 bridgehead atoms. The molecule has 0 spiro atoms. The number of aromatic nitrogens is 2. The van der Waals surface area contributed by atoms with Crippen LogP contribution < -0.4 is 0 Å². The number of carbonyl (C=O) groups is 1. The molecule has 1 fully saturated rings. The molecule has 1 aliphatic rings. The predicted molar refractivity (Wildman–Crippen MR) is 77.7 cm³/mol. The third kappa shape index (κ3) is 3.14. The van der Waals surface area contributed by atoms with Crippen molar-refractivity contribution in [2.75, 3.05) is 13.2 Å². The first-order chi connectivity index (χ1) is 10.3. The minimum atomic E-state index is -0.193. The topological polar surface area (TPSA) is 68.5 Å². The zero-order valence-corrected chi connectivity index (χ0v) is 12.6. The van der Waals surface area contributed by atoms with Crippen molar-refractivity contribution in [2.24, 2.45) is 0 Å². The van der Waals surface area contributed by atoms with Crippen molar-refractivity contribution in [1.82, 2.24) is 15.0 Å². The molecule has 0 aromatic carbocycles. The molecule has 1 unspecified atom stereocenters. The van der Waals surface area contributed by atoms with E-state index in [0.717, 1.165) is 24.3 Å². The van der Waals surface area contributed by atoms with Gasteiger partial charge in [-0.15, -0.1) is 11.3 Å². The molecular weight excluding hydrogens is 290 g/mol. The van der Waals surface area contributed by atoms with Gasteiger partial charge in [0.1, 0.15) is 6.04 Å². The van der Waals surface area contributed by atoms with Gasteiger partial charge < -0.3 is 9.26 Å². The van der Waals surface area contributed by atoms with Gasteiger partial charge in [-0.2, -0.15) is 4.98 Å². The van der Waals surface area contributed by atoms with Gasteiger partial charge in [0, 0.05) is 0 Å². The van der Waals surface area contributed by atoms with Gasteiger partial charge in [0.2, 0.25) is 11.7 Å². The van der Waals surface area contributed by atoms with Crippen molar-refractivity contribution >= 4 is 17.3 Å². The number of thiophene rings is 1. The molecule has 3 heterocycles. The van der Waals surface area contributed by atoms with E-state index in [1.807, 2.05) is 29.3 Å². The number of likely N-dealkylation sites (tertiary alicyclic amines) is 1. The first-order valence-electron chi connectivity index (χ1n) is 7.05. The Morgan fingerprint density at radius 1 is 1.62 bits per heavy atom. The second-order valence-electron chi connectivity index (χ2n) is 4.87. The predicted octanol–water partition coefficient (Wildman–Crippen LogP) is 2.33. The van der Waals surface area contributed by atoms with Gasteiger partial charge in [0.05, 0.1) is 18.0 Å². The number of nitrogens with zero attached hydrogens (tertiary/aromatic N) is 3. The van der Waals surface area contributed by atoms with E-state index in [-0.39, 0.29) is 12.0 Å². The third-order valence-corrected chi connectivity index (χ3v) is 4.34. The van der Waals surface area contributed by atoms with Gasteiger partial charge in [-0.3, -0.25) is 9.69 Å². The highest BCUT2D eigenvalue weighted by Crippen LogP contribution is 2.24. The minimum absolute atomic E-state index is 0.159. The second-order valence-corrected chi connectivity index (χ2v) is 5.82. The first kappa shape index (κ1) is 14.2. The highest BCUT2D eigenvalue weighted by atomic mass is 32.1. The number of esters is 1. The van der Waals surface area contributed by atoms with Crippen LogP contribution in [-0.4, -0.2) is 40.2 Å². The van der Waals surface area contributed by atoms with Crippen LogP contribution >= 0.6 is 11.3 Å². The summed E-state index contributed by atoms with van der Waals surface area (Å²) in [6.45, 7) is 3.57. The first-order valence-corrected chi connectivity index (χ1v) is 7.93. The molecule has 0 N–H and O–H groups in total. The van der Waals surface area contributed by atoms with Crippen molar-refractivity contribution in [1.29, 1.82) is 0 Å². The summed E-state index contributed by atoms with van der Waals surface area (Å²) in [5.74, 6) is 0.981. The lowest BCUT2D eigenvalue weighted by atomic mass is 10.2. The Balaban J connectivity index is 1.67. The normalized spacial score (nSPS) is 19.0. The molecule has 2 aromatic rings. The SMILES string of the molecule is CCOC(=O)C1CCCN1Cc1nc(-c2cccs2)no1. The fourth-order valence-corrected chi connectivity index (χ4v) is 3.17. The number of hydrogen-bond acceptors (Lipinski definition) is 7. The standard InChI is InChI=1S/C14H17N3O3S/c1-2-19-14(18)10-5-3-7-17(10)9-12-15-13(16-20-12)11-6-4-8-21-11/h4,6,8,10H,2-3,5,7,9H2,1H3. The Bertz CT molecular complexity index is 596. The van der Waals surface area contributed by atoms with Gasteiger partial charge in [0.25, 0.3) is 0 Å². The van der Waals surface area contributed by atoms with Gasteiger partial charge in [-0.1, -0.05) is 11.2 Å². The molecule has 7 heteroatoms. The fraction of sp³-hybridized carbons (Fsp3) is 0.500. The van der Waals surface area contributed by atoms with Crippen molar-refractivity contribution in [2.45, 2.75) is 32.4 Å². The van der Waals surface area contributed by atoms with Crippen molar-refractivity contribution in [3.05, 3.63) is 23.4 Å². The highest BCUT2D eigenvalue weighted by molar-refractivity contribution is 7.13. The molecule has 21 heavy (non-hydrogen) atoms. The molecule has 3 rings (SSSR count). The van der Waals surface area contributed by atoms with Crippen LogP contribution in [0.1, 0.15) is 25.7 Å². The van der Waals surface area contributed by atoms with Crippen LogP contribution in [-0.2, 0) is 16.1 Å². The van der Waals surface area contributed by atoms with E-state index in [9.17, 15) is 4.79 Å². The lowest BCUT2D eigenvalue weighted by molar-refractivity contribution is -0.148. The summed E-state index contributed by atoms with van der Waals surface area (Å²) in [6, 6.07) is 3.71. The number of rotatable bonds is 5. The van der Waals surface area contributed by atoms with Gasteiger partial charge in [-0.25, -0.2) is 0 Å². The van der Waals surface area contributed by atoms with Crippen LogP contribution in [0.25, 0.3) is 10.7 Å². The molecule has 6 nitrogen and oxygen atoms in total. The van der Waals surface area contributed by atoms with E-state index in [1.165, 1.54) is 0 Å². The number of carbonyl (C=O) groups excluding carboxylic acids is 1. The molecule has 2 aromatic heterocycles. The van der Waals surface area contributed by atoms with Gasteiger partial charge in [0.15, 0.2) is 0 Å². The van der Waals surface area contributed by atoms with E-state index >= 15 is 0 Å². The molecule has 112 valence electrons. The Kier molecular flexibility index (Phi) is 4.31. The summed E-state index contributed by atoms with van der Waals surface area (Å²) in [7, 11) is 0. The van der Waals surface area contributed by atoms with Crippen LogP contribution in [0.2, 0.25) is 0 Å². The van der Waals surface area contributed by atoms with E-state index in [4.69, 9.17) is 9.26 Å². The molecule has 0 radical (unpaired) electrons. The van der Waals surface area contributed by atoms with E-state index in [2.05, 4.69) is 10.1 Å². The second kappa shape index (κ2) is 6.36. The lowest BCUT2D eigenvalue weighted by Crippen LogP contribution is -2.36. The summed E-state index contributed by atoms with van der Waals surface area (Å²) >= 11 is 1.57. The Hall–Kier alpha value is -1.73. The maximum atomic E-state index is 11.9. The molecule has 1 saturated heterocycles. The van der Waals surface area contributed by atoms with Crippen LogP contribution in [0, 0.1) is 0 Å². The fourth-order valence-electron chi connectivity index (χ4n) is 2.52. The average molecular weight is 307 g/mol. The van der Waals surface area contributed by atoms with E-state index in [0.29, 0.717) is 24.9 Å². The summed E-state index contributed by atoms with van der Waals surface area (Å²) in [5, 5.41) is 5.96. The Morgan fingerprint density at radius 3 is 3.29 bits per heavy atom. The summed E-state index contributed by atoms with van der Waals surface area (Å²) in [4.78, 5) is 19.3. The smallest absolute Gasteiger partial charge is 0.323 e. The van der Waals surface area contributed by atoms with Crippen LogP contribution in [0.15, 0.2) is 22.0 Å². The maximum Gasteiger partial charge on any atom is 0.323 e. The minimum Gasteiger partial charge on any atom is -0.465 e. The molecule has 1 aliphatic heterocycles. The van der Waals surface area contributed by atoms with Gasteiger partial charge in [-0.05, 0) is 37.8 Å². The molecular formula is C14H17N3O3S. The van der Waals surface area contributed by atoms with Crippen molar-refractivity contribution in [3.8, 4) is 10.7 Å². The van der Waals surface area contributed by atoms with Crippen molar-refractivity contribution in [3.63, 3.8) is 0 Å². The molecule has 0 aliphatic carbocycles. The monoisotopic (exact) mass is 307 g/mol. The zero-order valence-electron chi connectivity index (χ0n) is 11.8. The Labute approximate surface area is 126 Å². The third-order valence-electron chi connectivity index (χ3n) is 3.47. The Morgan fingerprint density at radius 2 is 2.52 bits per heavy atom. The van der Waals surface area contributed by atoms with Gasteiger partial charge >= 0.3 is 5.97 Å². The van der Waals surface area contributed by atoms with Crippen LogP contribution in [0.5, 0.6) is 0 Å². The maximum absolute atomic E-state index is 11.9. The highest BCUT2D eigenvalue weighted by Gasteiger charge is 2.32. The molecule has 0 amide bonds. The van der Waals surface area contributed by atoms with Crippen LogP contribution in [0.3, 0.4) is 0 Å². The average Bonchev–Trinajstić information content (AvgIpc) is 3.20. The summed E-state index contributed by atoms with van der Waals surface area (Å²) in [6.07, 6.45) is 1.81. The molecule has 0 saturated carbocycles. The number of ether oxygens (including phenoxy) is 1. The quantitative estimate of drug-likeness (QED) is 0.790.